The van der Waals surface area contributed by atoms with Crippen LogP contribution in [0, 0.1) is 6.92 Å². The van der Waals surface area contributed by atoms with E-state index < -0.39 is 0 Å². The fourth-order valence-corrected chi connectivity index (χ4v) is 2.00. The van der Waals surface area contributed by atoms with E-state index in [4.69, 9.17) is 20.9 Å². The maximum atomic E-state index is 6.22. The summed E-state index contributed by atoms with van der Waals surface area (Å²) in [6, 6.07) is 0. The molecular formula is C14H19BClNO2. The van der Waals surface area contributed by atoms with Crippen LogP contribution in [0.25, 0.3) is 6.08 Å². The number of aryl methyl sites for hydroxylation is 1. The molecule has 0 radical (unpaired) electrons. The Morgan fingerprint density at radius 3 is 2.32 bits per heavy atom. The molecule has 1 aromatic heterocycles. The summed E-state index contributed by atoms with van der Waals surface area (Å²) in [6.45, 7) is 10.1. The van der Waals surface area contributed by atoms with Crippen LogP contribution in [-0.4, -0.2) is 23.3 Å². The van der Waals surface area contributed by atoms with Gasteiger partial charge >= 0.3 is 7.12 Å². The molecule has 2 rings (SSSR count). The maximum Gasteiger partial charge on any atom is 0.487 e. The molecule has 0 amide bonds. The molecule has 19 heavy (non-hydrogen) atoms. The Hall–Kier alpha value is -0.835. The lowest BCUT2D eigenvalue weighted by molar-refractivity contribution is 0.00578. The van der Waals surface area contributed by atoms with Crippen molar-refractivity contribution in [2.45, 2.75) is 45.8 Å². The Bertz CT molecular complexity index is 498. The molecule has 0 N–H and O–H groups in total. The van der Waals surface area contributed by atoms with Crippen molar-refractivity contribution in [3.8, 4) is 0 Å². The van der Waals surface area contributed by atoms with Crippen molar-refractivity contribution in [1.82, 2.24) is 4.98 Å². The third kappa shape index (κ3) is 2.86. The summed E-state index contributed by atoms with van der Waals surface area (Å²) in [5.41, 5.74) is 1.18. The van der Waals surface area contributed by atoms with Gasteiger partial charge in [0.15, 0.2) is 0 Å². The first-order chi connectivity index (χ1) is 8.73. The summed E-state index contributed by atoms with van der Waals surface area (Å²) in [5.74, 6) is 1.87. The van der Waals surface area contributed by atoms with Gasteiger partial charge in [-0.1, -0.05) is 23.7 Å². The van der Waals surface area contributed by atoms with Gasteiger partial charge in [0, 0.05) is 18.0 Å². The first-order valence-electron chi connectivity index (χ1n) is 6.37. The highest BCUT2D eigenvalue weighted by atomic mass is 35.5. The average Bonchev–Trinajstić information content (AvgIpc) is 2.50. The number of nitrogens with zero attached hydrogens (tertiary/aromatic N) is 1. The van der Waals surface area contributed by atoms with Gasteiger partial charge in [-0.25, -0.2) is 0 Å². The molecule has 0 aromatic carbocycles. The minimum absolute atomic E-state index is 0.323. The molecular weight excluding hydrogens is 260 g/mol. The van der Waals surface area contributed by atoms with E-state index in [9.17, 15) is 0 Å². The second-order valence-electron chi connectivity index (χ2n) is 5.84. The van der Waals surface area contributed by atoms with Crippen molar-refractivity contribution < 1.29 is 9.31 Å². The zero-order chi connectivity index (χ0) is 14.3. The highest BCUT2D eigenvalue weighted by Gasteiger charge is 2.49. The maximum absolute atomic E-state index is 6.22. The number of hydrogen-bond acceptors (Lipinski definition) is 3. The van der Waals surface area contributed by atoms with Gasteiger partial charge in [-0.3, -0.25) is 4.98 Å². The van der Waals surface area contributed by atoms with Crippen LogP contribution in [-0.2, 0) is 9.31 Å². The Labute approximate surface area is 120 Å². The van der Waals surface area contributed by atoms with Gasteiger partial charge in [0.25, 0.3) is 0 Å². The molecule has 1 fully saturated rings. The Morgan fingerprint density at radius 1 is 1.16 bits per heavy atom. The highest BCUT2D eigenvalue weighted by molar-refractivity contribution is 6.52. The number of halogens is 1. The van der Waals surface area contributed by atoms with Gasteiger partial charge in [-0.2, -0.15) is 0 Å². The van der Waals surface area contributed by atoms with Crippen LogP contribution in [0.3, 0.4) is 0 Å². The SMILES string of the molecule is Cc1cncc(/C=C/B2OC(C)(C)C(C)(C)O2)c1Cl. The fourth-order valence-electron chi connectivity index (χ4n) is 1.84. The van der Waals surface area contributed by atoms with Crippen LogP contribution in [0.4, 0.5) is 0 Å². The first-order valence-corrected chi connectivity index (χ1v) is 6.75. The zero-order valence-electron chi connectivity index (χ0n) is 12.0. The van der Waals surface area contributed by atoms with E-state index in [1.165, 1.54) is 0 Å². The van der Waals surface area contributed by atoms with Crippen LogP contribution in [0.5, 0.6) is 0 Å². The van der Waals surface area contributed by atoms with E-state index in [2.05, 4.69) is 4.98 Å². The Balaban J connectivity index is 2.15. The fraction of sp³-hybridized carbons (Fsp3) is 0.500. The molecule has 1 aliphatic rings. The van der Waals surface area contributed by atoms with Crippen LogP contribution >= 0.6 is 11.6 Å². The summed E-state index contributed by atoms with van der Waals surface area (Å²) in [6.07, 6.45) is 5.37. The third-order valence-electron chi connectivity index (χ3n) is 3.79. The molecule has 5 heteroatoms. The minimum atomic E-state index is -0.360. The van der Waals surface area contributed by atoms with Crippen molar-refractivity contribution in [3.63, 3.8) is 0 Å². The lowest BCUT2D eigenvalue weighted by atomic mass is 9.89. The molecule has 2 heterocycles. The highest BCUT2D eigenvalue weighted by Crippen LogP contribution is 2.37. The first kappa shape index (κ1) is 14.6. The third-order valence-corrected chi connectivity index (χ3v) is 4.30. The van der Waals surface area contributed by atoms with E-state index >= 15 is 0 Å². The lowest BCUT2D eigenvalue weighted by Crippen LogP contribution is -2.41. The zero-order valence-corrected chi connectivity index (χ0v) is 12.8. The number of pyridine rings is 1. The van der Waals surface area contributed by atoms with Crippen molar-refractivity contribution in [2.24, 2.45) is 0 Å². The second-order valence-corrected chi connectivity index (χ2v) is 6.22. The average molecular weight is 280 g/mol. The topological polar surface area (TPSA) is 31.4 Å². The standard InChI is InChI=1S/C14H19BClNO2/c1-10-8-17-9-11(12(10)16)6-7-15-18-13(2,3)14(4,5)19-15/h6-9H,1-5H3/b7-6+. The van der Waals surface area contributed by atoms with Crippen LogP contribution in [0.1, 0.15) is 38.8 Å². The van der Waals surface area contributed by atoms with Crippen LogP contribution < -0.4 is 0 Å². The Morgan fingerprint density at radius 2 is 1.74 bits per heavy atom. The van der Waals surface area contributed by atoms with Gasteiger partial charge < -0.3 is 9.31 Å². The molecule has 0 atom stereocenters. The predicted molar refractivity (Wildman–Crippen MR) is 79.1 cm³/mol. The van der Waals surface area contributed by atoms with Crippen molar-refractivity contribution in [1.29, 1.82) is 0 Å². The van der Waals surface area contributed by atoms with E-state index in [1.54, 1.807) is 12.4 Å². The Kier molecular flexibility index (Phi) is 3.78. The summed E-state index contributed by atoms with van der Waals surface area (Å²) >= 11 is 6.22. The van der Waals surface area contributed by atoms with E-state index in [0.717, 1.165) is 11.1 Å². The minimum Gasteiger partial charge on any atom is -0.400 e. The molecule has 0 aliphatic carbocycles. The predicted octanol–water partition coefficient (Wildman–Crippen LogP) is 3.69. The molecule has 1 aliphatic heterocycles. The normalized spacial score (nSPS) is 21.3. The summed E-state index contributed by atoms with van der Waals surface area (Å²) < 4.78 is 11.8. The second kappa shape index (κ2) is 4.93. The summed E-state index contributed by atoms with van der Waals surface area (Å²) in [7, 11) is -0.360. The molecule has 1 aromatic rings. The molecule has 0 bridgehead atoms. The van der Waals surface area contributed by atoms with E-state index in [1.807, 2.05) is 46.7 Å². The van der Waals surface area contributed by atoms with E-state index in [-0.39, 0.29) is 18.3 Å². The number of hydrogen-bond donors (Lipinski definition) is 0. The van der Waals surface area contributed by atoms with E-state index in [0.29, 0.717) is 5.02 Å². The largest absolute Gasteiger partial charge is 0.487 e. The summed E-state index contributed by atoms with van der Waals surface area (Å²) in [4.78, 5) is 4.13. The van der Waals surface area contributed by atoms with Gasteiger partial charge in [-0.15, -0.1) is 0 Å². The smallest absolute Gasteiger partial charge is 0.400 e. The number of aromatic nitrogens is 1. The monoisotopic (exact) mass is 279 g/mol. The molecule has 0 unspecified atom stereocenters. The van der Waals surface area contributed by atoms with Crippen LogP contribution in [0.15, 0.2) is 18.4 Å². The van der Waals surface area contributed by atoms with Crippen molar-refractivity contribution in [3.05, 3.63) is 34.5 Å². The van der Waals surface area contributed by atoms with Crippen LogP contribution in [0.2, 0.25) is 5.02 Å². The van der Waals surface area contributed by atoms with Gasteiger partial charge in [-0.05, 0) is 40.2 Å². The lowest BCUT2D eigenvalue weighted by Gasteiger charge is -2.32. The molecule has 3 nitrogen and oxygen atoms in total. The van der Waals surface area contributed by atoms with Crippen molar-refractivity contribution in [2.75, 3.05) is 0 Å². The summed E-state index contributed by atoms with van der Waals surface area (Å²) in [5, 5.41) is 0.711. The van der Waals surface area contributed by atoms with Crippen molar-refractivity contribution >= 4 is 24.8 Å². The molecule has 1 saturated heterocycles. The molecule has 0 saturated carbocycles. The molecule has 0 spiro atoms. The quantitative estimate of drug-likeness (QED) is 0.774. The van der Waals surface area contributed by atoms with Gasteiger partial charge in [0.1, 0.15) is 0 Å². The molecule has 102 valence electrons. The van der Waals surface area contributed by atoms with Gasteiger partial charge in [0.05, 0.1) is 16.2 Å². The van der Waals surface area contributed by atoms with Gasteiger partial charge in [0.2, 0.25) is 0 Å². The number of rotatable bonds is 2.